The van der Waals surface area contributed by atoms with Gasteiger partial charge < -0.3 is 14.6 Å². The second kappa shape index (κ2) is 8.63. The van der Waals surface area contributed by atoms with Crippen LogP contribution in [0.2, 0.25) is 0 Å². The number of aryl methyl sites for hydroxylation is 2. The van der Waals surface area contributed by atoms with Crippen LogP contribution in [0.1, 0.15) is 42.6 Å². The van der Waals surface area contributed by atoms with Crippen molar-refractivity contribution in [3.63, 3.8) is 0 Å². The number of rotatable bonds is 7. The molecule has 2 N–H and O–H groups in total. The molecular weight excluding hydrogens is 368 g/mol. The molecular formula is C21H28N6O2. The number of aromatic nitrogens is 4. The average Bonchev–Trinajstić information content (AvgIpc) is 3.29. The Balaban J connectivity index is 1.24. The van der Waals surface area contributed by atoms with Crippen LogP contribution < -0.4 is 10.2 Å². The Morgan fingerprint density at radius 3 is 3.10 bits per heavy atom. The fraction of sp³-hybridized carbons (Fsp3) is 0.524. The minimum Gasteiger partial charge on any atom is -0.422 e. The second-order valence-corrected chi connectivity index (χ2v) is 7.85. The van der Waals surface area contributed by atoms with Gasteiger partial charge in [-0.15, -0.1) is 0 Å². The van der Waals surface area contributed by atoms with Crippen LogP contribution in [-0.2, 0) is 11.2 Å². The van der Waals surface area contributed by atoms with Gasteiger partial charge in [-0.25, -0.2) is 4.98 Å². The number of hydrogen-bond acceptors (Lipinski definition) is 6. The summed E-state index contributed by atoms with van der Waals surface area (Å²) in [5.41, 5.74) is 4.75. The molecule has 0 radical (unpaired) electrons. The topological polar surface area (TPSA) is 99.9 Å². The number of oxazole rings is 1. The molecule has 1 aliphatic heterocycles. The predicted molar refractivity (Wildman–Crippen MR) is 111 cm³/mol. The molecule has 4 heterocycles. The molecule has 8 nitrogen and oxygen atoms in total. The fourth-order valence-corrected chi connectivity index (χ4v) is 4.07. The predicted octanol–water partition coefficient (Wildman–Crippen LogP) is 2.92. The summed E-state index contributed by atoms with van der Waals surface area (Å²) in [6.45, 7) is 6.42. The van der Waals surface area contributed by atoms with E-state index in [2.05, 4.69) is 30.4 Å². The molecule has 3 aromatic rings. The number of pyridine rings is 1. The van der Waals surface area contributed by atoms with Crippen molar-refractivity contribution in [3.8, 4) is 0 Å². The third-order valence-corrected chi connectivity index (χ3v) is 5.62. The van der Waals surface area contributed by atoms with Gasteiger partial charge in [0.25, 0.3) is 6.01 Å². The van der Waals surface area contributed by atoms with Crippen molar-refractivity contribution in [2.24, 2.45) is 5.92 Å². The maximum absolute atomic E-state index is 12.4. The van der Waals surface area contributed by atoms with E-state index in [1.54, 1.807) is 6.20 Å². The number of nitrogens with zero attached hydrogens (tertiary/aromatic N) is 4. The summed E-state index contributed by atoms with van der Waals surface area (Å²) in [4.78, 5) is 23.2. The van der Waals surface area contributed by atoms with Gasteiger partial charge in [0.15, 0.2) is 5.58 Å². The Morgan fingerprint density at radius 2 is 2.31 bits per heavy atom. The van der Waals surface area contributed by atoms with E-state index in [0.717, 1.165) is 50.2 Å². The maximum Gasteiger partial charge on any atom is 0.299 e. The zero-order chi connectivity index (χ0) is 20.2. The molecule has 1 saturated heterocycles. The molecule has 4 rings (SSSR count). The summed E-state index contributed by atoms with van der Waals surface area (Å²) in [6, 6.07) is 4.32. The van der Waals surface area contributed by atoms with Gasteiger partial charge in [-0.1, -0.05) is 0 Å². The summed E-state index contributed by atoms with van der Waals surface area (Å²) < 4.78 is 5.84. The van der Waals surface area contributed by atoms with E-state index in [-0.39, 0.29) is 5.91 Å². The van der Waals surface area contributed by atoms with Crippen LogP contribution in [0.15, 0.2) is 22.7 Å². The largest absolute Gasteiger partial charge is 0.422 e. The number of piperidine rings is 1. The van der Waals surface area contributed by atoms with E-state index in [1.807, 2.05) is 26.0 Å². The van der Waals surface area contributed by atoms with Gasteiger partial charge in [0.2, 0.25) is 11.6 Å². The Bertz CT molecular complexity index is 926. The van der Waals surface area contributed by atoms with Crippen LogP contribution in [0.4, 0.5) is 6.01 Å². The lowest BCUT2D eigenvalue weighted by atomic mass is 9.94. The third kappa shape index (κ3) is 4.58. The van der Waals surface area contributed by atoms with Gasteiger partial charge in [0.05, 0.1) is 5.69 Å². The molecule has 0 aromatic carbocycles. The molecule has 29 heavy (non-hydrogen) atoms. The zero-order valence-corrected chi connectivity index (χ0v) is 17.1. The SMILES string of the molecule is Cc1n[nH]c(C)c1CCCNC(=O)CC1CCCN(c2nc3ncccc3o2)C1. The molecule has 1 aliphatic rings. The third-order valence-electron chi connectivity index (χ3n) is 5.62. The summed E-state index contributed by atoms with van der Waals surface area (Å²) in [6.07, 6.45) is 6.18. The minimum absolute atomic E-state index is 0.122. The highest BCUT2D eigenvalue weighted by atomic mass is 16.4. The Hall–Kier alpha value is -2.90. The van der Waals surface area contributed by atoms with Gasteiger partial charge in [-0.05, 0) is 63.1 Å². The molecule has 1 fully saturated rings. The number of fused-ring (bicyclic) bond motifs is 1. The highest BCUT2D eigenvalue weighted by Crippen LogP contribution is 2.26. The number of aromatic amines is 1. The quantitative estimate of drug-likeness (QED) is 0.596. The Morgan fingerprint density at radius 1 is 1.41 bits per heavy atom. The lowest BCUT2D eigenvalue weighted by molar-refractivity contribution is -0.122. The first kappa shape index (κ1) is 19.4. The monoisotopic (exact) mass is 396 g/mol. The molecule has 1 unspecified atom stereocenters. The molecule has 0 aliphatic carbocycles. The van der Waals surface area contributed by atoms with E-state index in [1.165, 1.54) is 5.56 Å². The molecule has 1 atom stereocenters. The van der Waals surface area contributed by atoms with E-state index < -0.39 is 0 Å². The fourth-order valence-electron chi connectivity index (χ4n) is 4.07. The summed E-state index contributed by atoms with van der Waals surface area (Å²) in [5, 5.41) is 10.3. The number of anilines is 1. The van der Waals surface area contributed by atoms with Crippen molar-refractivity contribution in [2.75, 3.05) is 24.5 Å². The van der Waals surface area contributed by atoms with E-state index in [9.17, 15) is 4.79 Å². The van der Waals surface area contributed by atoms with Gasteiger partial charge in [-0.3, -0.25) is 9.89 Å². The number of carbonyl (C=O) groups excluding carboxylic acids is 1. The first-order valence-corrected chi connectivity index (χ1v) is 10.3. The molecule has 0 saturated carbocycles. The van der Waals surface area contributed by atoms with E-state index in [4.69, 9.17) is 4.42 Å². The van der Waals surface area contributed by atoms with Gasteiger partial charge in [0, 0.05) is 37.9 Å². The van der Waals surface area contributed by atoms with Crippen LogP contribution in [0.3, 0.4) is 0 Å². The lowest BCUT2D eigenvalue weighted by Crippen LogP contribution is -2.38. The maximum atomic E-state index is 12.4. The van der Waals surface area contributed by atoms with Crippen molar-refractivity contribution in [1.29, 1.82) is 0 Å². The molecule has 154 valence electrons. The van der Waals surface area contributed by atoms with Gasteiger partial charge >= 0.3 is 0 Å². The molecule has 8 heteroatoms. The van der Waals surface area contributed by atoms with Crippen molar-refractivity contribution in [3.05, 3.63) is 35.3 Å². The Kier molecular flexibility index (Phi) is 5.78. The van der Waals surface area contributed by atoms with Crippen molar-refractivity contribution < 1.29 is 9.21 Å². The first-order chi connectivity index (χ1) is 14.1. The average molecular weight is 396 g/mol. The van der Waals surface area contributed by atoms with Gasteiger partial charge in [-0.2, -0.15) is 10.1 Å². The van der Waals surface area contributed by atoms with Crippen molar-refractivity contribution >= 4 is 23.2 Å². The number of nitrogens with one attached hydrogen (secondary N) is 2. The number of amides is 1. The lowest BCUT2D eigenvalue weighted by Gasteiger charge is -2.31. The van der Waals surface area contributed by atoms with Crippen molar-refractivity contribution in [1.82, 2.24) is 25.5 Å². The normalized spacial score (nSPS) is 17.0. The Labute approximate surface area is 170 Å². The molecule has 0 spiro atoms. The summed E-state index contributed by atoms with van der Waals surface area (Å²) in [5.74, 6) is 0.432. The van der Waals surface area contributed by atoms with E-state index in [0.29, 0.717) is 36.1 Å². The first-order valence-electron chi connectivity index (χ1n) is 10.3. The van der Waals surface area contributed by atoms with Crippen LogP contribution >= 0.6 is 0 Å². The molecule has 3 aromatic heterocycles. The number of hydrogen-bond donors (Lipinski definition) is 2. The highest BCUT2D eigenvalue weighted by molar-refractivity contribution is 5.76. The highest BCUT2D eigenvalue weighted by Gasteiger charge is 2.25. The van der Waals surface area contributed by atoms with Crippen LogP contribution in [0.5, 0.6) is 0 Å². The minimum atomic E-state index is 0.122. The van der Waals surface area contributed by atoms with Gasteiger partial charge in [0.1, 0.15) is 0 Å². The second-order valence-electron chi connectivity index (χ2n) is 7.85. The summed E-state index contributed by atoms with van der Waals surface area (Å²) in [7, 11) is 0. The van der Waals surface area contributed by atoms with Crippen LogP contribution in [0, 0.1) is 19.8 Å². The molecule has 1 amide bonds. The van der Waals surface area contributed by atoms with Crippen molar-refractivity contribution in [2.45, 2.75) is 46.0 Å². The summed E-state index contributed by atoms with van der Waals surface area (Å²) >= 11 is 0. The standard InChI is InChI=1S/C21H28N6O2/c1-14-17(15(2)26-25-14)7-3-9-22-19(28)12-16-6-5-11-27(13-16)21-24-20-18(29-21)8-4-10-23-20/h4,8,10,16H,3,5-7,9,11-13H2,1-2H3,(H,22,28)(H,25,26). The van der Waals surface area contributed by atoms with Crippen LogP contribution in [-0.4, -0.2) is 45.7 Å². The number of carbonyl (C=O) groups is 1. The zero-order valence-electron chi connectivity index (χ0n) is 17.1. The number of H-pyrrole nitrogens is 1. The smallest absolute Gasteiger partial charge is 0.299 e. The molecule has 0 bridgehead atoms. The van der Waals surface area contributed by atoms with Crippen LogP contribution in [0.25, 0.3) is 11.2 Å². The van der Waals surface area contributed by atoms with E-state index >= 15 is 0 Å².